The van der Waals surface area contributed by atoms with Crippen LogP contribution in [0.1, 0.15) is 37.6 Å². The van der Waals surface area contributed by atoms with Crippen LogP contribution in [-0.4, -0.2) is 92.9 Å². The van der Waals surface area contributed by atoms with Crippen molar-refractivity contribution in [2.75, 3.05) is 18.5 Å². The van der Waals surface area contributed by atoms with Gasteiger partial charge in [0.25, 0.3) is 11.0 Å². The molecule has 2 aliphatic rings. The van der Waals surface area contributed by atoms with Crippen molar-refractivity contribution in [1.29, 1.82) is 0 Å². The highest BCUT2D eigenvalue weighted by atomic mass is 32.2. The predicted octanol–water partition coefficient (Wildman–Crippen LogP) is 1.29. The fraction of sp³-hybridized carbons (Fsp3) is 0.458. The summed E-state index contributed by atoms with van der Waals surface area (Å²) in [4.78, 5) is 77.2. The number of rotatable bonds is 11. The van der Waals surface area contributed by atoms with Crippen molar-refractivity contribution in [3.63, 3.8) is 0 Å². The molecule has 0 bridgehead atoms. The first-order valence-electron chi connectivity index (χ1n) is 12.7. The third-order valence-electron chi connectivity index (χ3n) is 7.22. The fourth-order valence-electron chi connectivity index (χ4n) is 5.19. The normalized spacial score (nSPS) is 22.0. The lowest BCUT2D eigenvalue weighted by Gasteiger charge is -2.43. The summed E-state index contributed by atoms with van der Waals surface area (Å²) in [6.45, 7) is 4.88. The van der Waals surface area contributed by atoms with Crippen molar-refractivity contribution in [3.05, 3.63) is 35.9 Å². The molecule has 4 rings (SSSR count). The molecule has 0 saturated carbocycles. The Morgan fingerprint density at radius 3 is 2.31 bits per heavy atom. The number of β-lactam (4-membered cyclic amide) rings is 1. The Hall–Kier alpha value is -2.68. The van der Waals surface area contributed by atoms with Gasteiger partial charge in [-0.3, -0.25) is 18.7 Å². The highest BCUT2D eigenvalue weighted by Crippen LogP contribution is 2.68. The number of benzene rings is 2. The number of hydrogen-bond donors (Lipinski definition) is 8. The molecular weight excluding hydrogens is 616 g/mol. The van der Waals surface area contributed by atoms with E-state index in [9.17, 15) is 53.3 Å². The zero-order valence-corrected chi connectivity index (χ0v) is 25.2. The molecule has 0 aliphatic carbocycles. The highest BCUT2D eigenvalue weighted by molar-refractivity contribution is 8.01. The molecule has 2 aromatic carbocycles. The van der Waals surface area contributed by atoms with E-state index in [2.05, 4.69) is 10.6 Å². The summed E-state index contributed by atoms with van der Waals surface area (Å²) in [6, 6.07) is 5.79. The van der Waals surface area contributed by atoms with Gasteiger partial charge in [0.05, 0.1) is 12.2 Å². The predicted molar refractivity (Wildman–Crippen MR) is 152 cm³/mol. The van der Waals surface area contributed by atoms with Crippen LogP contribution < -0.4 is 15.4 Å². The minimum Gasteiger partial charge on any atom is -0.493 e. The van der Waals surface area contributed by atoms with Gasteiger partial charge >= 0.3 is 21.2 Å². The van der Waals surface area contributed by atoms with Crippen LogP contribution in [0.2, 0.25) is 0 Å². The minimum absolute atomic E-state index is 0.0724. The summed E-state index contributed by atoms with van der Waals surface area (Å²) in [7, 11) is -11.3. The van der Waals surface area contributed by atoms with Gasteiger partial charge in [0.2, 0.25) is 5.91 Å². The third kappa shape index (κ3) is 5.42. The highest BCUT2D eigenvalue weighted by Gasteiger charge is 2.64. The molecule has 0 spiro atoms. The largest absolute Gasteiger partial charge is 0.493 e. The van der Waals surface area contributed by atoms with Gasteiger partial charge < -0.3 is 50.1 Å². The maximum absolute atomic E-state index is 13.6. The average molecular weight is 648 g/mol. The number of ether oxygens (including phenoxy) is 1. The molecule has 3 unspecified atom stereocenters. The van der Waals surface area contributed by atoms with Gasteiger partial charge in [0.15, 0.2) is 0 Å². The second-order valence-electron chi connectivity index (χ2n) is 10.4. The van der Waals surface area contributed by atoms with Crippen LogP contribution in [-0.2, 0) is 18.7 Å². The maximum Gasteiger partial charge on any atom is 0.369 e. The van der Waals surface area contributed by atoms with E-state index in [0.29, 0.717) is 16.5 Å². The van der Waals surface area contributed by atoms with Crippen LogP contribution >= 0.6 is 27.0 Å². The van der Waals surface area contributed by atoms with Crippen molar-refractivity contribution in [1.82, 2.24) is 10.2 Å². The molecular formula is C24H31N3O12P2S. The Labute approximate surface area is 243 Å². The van der Waals surface area contributed by atoms with E-state index in [4.69, 9.17) is 4.74 Å². The number of aliphatic carboxylic acids is 1. The molecule has 18 heteroatoms. The number of hydrogen-bond acceptors (Lipinski definition) is 9. The lowest BCUT2D eigenvalue weighted by molar-refractivity contribution is -0.159. The minimum atomic E-state index is -5.64. The molecule has 230 valence electrons. The summed E-state index contributed by atoms with van der Waals surface area (Å²) < 4.78 is 28.2. The number of carbonyl (C=O) groups excluding carboxylic acids is 2. The van der Waals surface area contributed by atoms with Crippen LogP contribution in [0.3, 0.4) is 0 Å². The standard InChI is InChI=1S/C24H31N3O12P2S/c1-4-39-15-9-8-12-13(6-5-7-14(12)25-11-10-24(32,40(33,34)35)41(36,37)38)16(15)19(28)26-17-20(29)27-18(22(30)31)23(2,3)42-21(17)27/h5-9,17-18,21,25,32H,4,10-11H2,1-3H3,(H,26,28)(H,30,31)(H2,33,34,35)(H2,36,37,38). The molecule has 2 amide bonds. The van der Waals surface area contributed by atoms with Gasteiger partial charge in [-0.2, -0.15) is 0 Å². The average Bonchev–Trinajstić information content (AvgIpc) is 3.13. The van der Waals surface area contributed by atoms with Gasteiger partial charge in [-0.15, -0.1) is 11.8 Å². The fourth-order valence-corrected chi connectivity index (χ4v) is 8.98. The van der Waals surface area contributed by atoms with Crippen molar-refractivity contribution >= 4 is 61.2 Å². The number of nitrogens with one attached hydrogen (secondary N) is 2. The first kappa shape index (κ1) is 32.2. The molecule has 2 aliphatic heterocycles. The van der Waals surface area contributed by atoms with Gasteiger partial charge in [0, 0.05) is 34.2 Å². The number of carbonyl (C=O) groups is 3. The quantitative estimate of drug-likeness (QED) is 0.127. The summed E-state index contributed by atoms with van der Waals surface area (Å²) >= 11 is 1.27. The molecule has 42 heavy (non-hydrogen) atoms. The third-order valence-corrected chi connectivity index (χ3v) is 12.7. The van der Waals surface area contributed by atoms with E-state index in [0.717, 1.165) is 0 Å². The second kappa shape index (κ2) is 11.1. The number of carboxylic acids is 1. The molecule has 8 N–H and O–H groups in total. The van der Waals surface area contributed by atoms with Crippen LogP contribution in [0.4, 0.5) is 5.69 Å². The molecule has 2 aromatic rings. The number of amides is 2. The number of carboxylic acid groups (broad SMARTS) is 1. The van der Waals surface area contributed by atoms with E-state index >= 15 is 0 Å². The molecule has 2 saturated heterocycles. The number of nitrogens with zero attached hydrogens (tertiary/aromatic N) is 1. The van der Waals surface area contributed by atoms with E-state index in [1.807, 2.05) is 0 Å². The monoisotopic (exact) mass is 647 g/mol. The Morgan fingerprint density at radius 1 is 1.10 bits per heavy atom. The number of anilines is 1. The molecule has 3 atom stereocenters. The lowest BCUT2D eigenvalue weighted by atomic mass is 9.95. The topological polar surface area (TPSA) is 243 Å². The SMILES string of the molecule is CCOc1ccc2c(NCCC(O)(P(=O)(O)O)P(=O)(O)O)cccc2c1C(=O)NC1C(=O)N2C1SC(C)(C)C2C(=O)O. The Balaban J connectivity index is 1.62. The molecule has 0 aromatic heterocycles. The molecule has 2 heterocycles. The van der Waals surface area contributed by atoms with E-state index in [1.54, 1.807) is 45.0 Å². The van der Waals surface area contributed by atoms with Gasteiger partial charge in [-0.25, -0.2) is 4.79 Å². The Morgan fingerprint density at radius 2 is 1.74 bits per heavy atom. The summed E-state index contributed by atoms with van der Waals surface area (Å²) in [5, 5.41) is 21.9. The van der Waals surface area contributed by atoms with Gasteiger partial charge in [-0.1, -0.05) is 12.1 Å². The smallest absolute Gasteiger partial charge is 0.369 e. The van der Waals surface area contributed by atoms with Gasteiger partial charge in [0.1, 0.15) is 23.2 Å². The number of thioether (sulfide) groups is 1. The zero-order valence-electron chi connectivity index (χ0n) is 22.6. The van der Waals surface area contributed by atoms with Crippen molar-refractivity contribution in [3.8, 4) is 5.75 Å². The number of fused-ring (bicyclic) bond motifs is 2. The van der Waals surface area contributed by atoms with Crippen LogP contribution in [0.25, 0.3) is 10.8 Å². The van der Waals surface area contributed by atoms with E-state index < -0.39 is 73.2 Å². The first-order valence-corrected chi connectivity index (χ1v) is 16.8. The zero-order chi connectivity index (χ0) is 31.4. The van der Waals surface area contributed by atoms with Crippen LogP contribution in [0, 0.1) is 0 Å². The Kier molecular flexibility index (Phi) is 8.53. The summed E-state index contributed by atoms with van der Waals surface area (Å²) in [6.07, 6.45) is -1.00. The molecule has 15 nitrogen and oxygen atoms in total. The van der Waals surface area contributed by atoms with Crippen molar-refractivity contribution < 1.29 is 58.0 Å². The number of aliphatic hydroxyl groups is 1. The first-order chi connectivity index (χ1) is 19.4. The lowest BCUT2D eigenvalue weighted by Crippen LogP contribution is -2.70. The van der Waals surface area contributed by atoms with E-state index in [-0.39, 0.29) is 17.9 Å². The van der Waals surface area contributed by atoms with Crippen LogP contribution in [0.5, 0.6) is 5.75 Å². The summed E-state index contributed by atoms with van der Waals surface area (Å²) in [5.74, 6) is -2.12. The molecule has 0 radical (unpaired) electrons. The van der Waals surface area contributed by atoms with Crippen molar-refractivity contribution in [2.45, 2.75) is 54.5 Å². The second-order valence-corrected chi connectivity index (χ2v) is 16.1. The van der Waals surface area contributed by atoms with E-state index in [1.165, 1.54) is 22.7 Å². The Bertz CT molecular complexity index is 1520. The van der Waals surface area contributed by atoms with Gasteiger partial charge in [-0.05, 0) is 39.0 Å². The molecule has 2 fully saturated rings. The van der Waals surface area contributed by atoms with Crippen molar-refractivity contribution in [2.24, 2.45) is 0 Å². The van der Waals surface area contributed by atoms with Crippen LogP contribution in [0.15, 0.2) is 30.3 Å². The maximum atomic E-state index is 13.6. The summed E-state index contributed by atoms with van der Waals surface area (Å²) in [5.41, 5.74) is 0.384.